The normalized spacial score (nSPS) is 11.9. The molecule has 1 unspecified atom stereocenters. The maximum absolute atomic E-state index is 11.7. The minimum Gasteiger partial charge on any atom is -0.481 e. The molecule has 2 rings (SSSR count). The third-order valence-corrected chi connectivity index (χ3v) is 3.62. The quantitative estimate of drug-likeness (QED) is 0.811. The zero-order valence-corrected chi connectivity index (χ0v) is 13.3. The number of nitrogens with one attached hydrogen (secondary N) is 1. The zero-order valence-electron chi connectivity index (χ0n) is 12.6. The molecule has 1 amide bonds. The predicted molar refractivity (Wildman–Crippen MR) is 85.1 cm³/mol. The van der Waals surface area contributed by atoms with Crippen molar-refractivity contribution in [3.8, 4) is 11.3 Å². The van der Waals surface area contributed by atoms with Crippen molar-refractivity contribution in [3.05, 3.63) is 41.4 Å². The van der Waals surface area contributed by atoms with Gasteiger partial charge in [0.25, 0.3) is 0 Å². The first kappa shape index (κ1) is 17.0. The smallest absolute Gasteiger partial charge is 0.308 e. The number of oxazole rings is 1. The third kappa shape index (κ3) is 4.82. The van der Waals surface area contributed by atoms with Gasteiger partial charge < -0.3 is 14.8 Å². The van der Waals surface area contributed by atoms with Gasteiger partial charge in [0.1, 0.15) is 0 Å². The Morgan fingerprint density at radius 3 is 2.83 bits per heavy atom. The highest BCUT2D eigenvalue weighted by molar-refractivity contribution is 6.33. The van der Waals surface area contributed by atoms with E-state index in [1.54, 1.807) is 12.3 Å². The molecule has 0 saturated carbocycles. The molecule has 1 aromatic carbocycles. The Kier molecular flexibility index (Phi) is 5.76. The fraction of sp³-hybridized carbons (Fsp3) is 0.312. The number of benzene rings is 1. The van der Waals surface area contributed by atoms with Crippen molar-refractivity contribution in [2.24, 2.45) is 5.92 Å². The monoisotopic (exact) mass is 336 g/mol. The van der Waals surface area contributed by atoms with Gasteiger partial charge in [-0.3, -0.25) is 9.59 Å². The second kappa shape index (κ2) is 7.78. The van der Waals surface area contributed by atoms with E-state index < -0.39 is 11.9 Å². The molecule has 1 heterocycles. The van der Waals surface area contributed by atoms with Crippen molar-refractivity contribution < 1.29 is 19.1 Å². The number of amides is 1. The minimum absolute atomic E-state index is 0.102. The average Bonchev–Trinajstić information content (AvgIpc) is 2.99. The Balaban J connectivity index is 1.87. The Bertz CT molecular complexity index is 699. The van der Waals surface area contributed by atoms with Crippen LogP contribution in [0.25, 0.3) is 11.3 Å². The van der Waals surface area contributed by atoms with Gasteiger partial charge in [0.05, 0.1) is 17.1 Å². The summed E-state index contributed by atoms with van der Waals surface area (Å²) in [7, 11) is 0. The van der Waals surface area contributed by atoms with Crippen molar-refractivity contribution in [2.45, 2.75) is 19.8 Å². The molecule has 23 heavy (non-hydrogen) atoms. The van der Waals surface area contributed by atoms with Crippen LogP contribution in [0.1, 0.15) is 19.2 Å². The second-order valence-electron chi connectivity index (χ2n) is 5.14. The molecule has 0 aliphatic carbocycles. The van der Waals surface area contributed by atoms with E-state index in [0.29, 0.717) is 23.1 Å². The zero-order chi connectivity index (χ0) is 16.8. The van der Waals surface area contributed by atoms with Gasteiger partial charge in [-0.2, -0.15) is 0 Å². The number of carboxylic acid groups (broad SMARTS) is 1. The van der Waals surface area contributed by atoms with E-state index in [1.807, 2.05) is 18.2 Å². The number of aryl methyl sites for hydroxylation is 1. The van der Waals surface area contributed by atoms with Crippen LogP contribution in [0.2, 0.25) is 5.02 Å². The first-order valence-corrected chi connectivity index (χ1v) is 7.54. The van der Waals surface area contributed by atoms with Crippen LogP contribution in [0.3, 0.4) is 0 Å². The van der Waals surface area contributed by atoms with Crippen molar-refractivity contribution >= 4 is 23.5 Å². The molecule has 0 saturated heterocycles. The van der Waals surface area contributed by atoms with Gasteiger partial charge in [-0.25, -0.2) is 4.98 Å². The molecule has 0 aliphatic heterocycles. The summed E-state index contributed by atoms with van der Waals surface area (Å²) >= 11 is 6.09. The van der Waals surface area contributed by atoms with E-state index in [2.05, 4.69) is 10.3 Å². The number of hydrogen-bond acceptors (Lipinski definition) is 4. The van der Waals surface area contributed by atoms with E-state index in [-0.39, 0.29) is 18.9 Å². The van der Waals surface area contributed by atoms with E-state index >= 15 is 0 Å². The summed E-state index contributed by atoms with van der Waals surface area (Å²) in [5.74, 6) is -0.822. The van der Waals surface area contributed by atoms with E-state index in [1.165, 1.54) is 6.92 Å². The predicted octanol–water partition coefficient (Wildman–Crippen LogP) is 2.76. The van der Waals surface area contributed by atoms with Crippen molar-refractivity contribution in [2.75, 3.05) is 6.54 Å². The van der Waals surface area contributed by atoms with Crippen LogP contribution < -0.4 is 5.32 Å². The van der Waals surface area contributed by atoms with Crippen molar-refractivity contribution in [1.82, 2.24) is 10.3 Å². The van der Waals surface area contributed by atoms with Gasteiger partial charge in [-0.1, -0.05) is 30.7 Å². The molecule has 1 aromatic heterocycles. The summed E-state index contributed by atoms with van der Waals surface area (Å²) in [5.41, 5.74) is 0.743. The SMILES string of the molecule is CC(CNC(=O)CCc1ncc(-c2ccccc2Cl)o1)C(=O)O. The molecule has 0 aliphatic rings. The van der Waals surface area contributed by atoms with E-state index in [9.17, 15) is 9.59 Å². The van der Waals surface area contributed by atoms with E-state index in [0.717, 1.165) is 5.56 Å². The van der Waals surface area contributed by atoms with Crippen LogP contribution in [-0.2, 0) is 16.0 Å². The molecule has 2 aromatic rings. The summed E-state index contributed by atoms with van der Waals surface area (Å²) in [5, 5.41) is 11.9. The van der Waals surface area contributed by atoms with Gasteiger partial charge in [0.2, 0.25) is 5.91 Å². The molecule has 0 radical (unpaired) electrons. The van der Waals surface area contributed by atoms with Gasteiger partial charge in [-0.05, 0) is 12.1 Å². The molecule has 7 heteroatoms. The number of halogens is 1. The maximum atomic E-state index is 11.7. The lowest BCUT2D eigenvalue weighted by Crippen LogP contribution is -2.31. The number of carbonyl (C=O) groups excluding carboxylic acids is 1. The molecule has 0 fully saturated rings. The molecule has 0 bridgehead atoms. The summed E-state index contributed by atoms with van der Waals surface area (Å²) < 4.78 is 5.60. The summed E-state index contributed by atoms with van der Waals surface area (Å²) in [6.07, 6.45) is 2.08. The number of aliphatic carboxylic acids is 1. The molecular weight excluding hydrogens is 320 g/mol. The highest BCUT2D eigenvalue weighted by Gasteiger charge is 2.14. The third-order valence-electron chi connectivity index (χ3n) is 3.29. The number of hydrogen-bond donors (Lipinski definition) is 2. The second-order valence-corrected chi connectivity index (χ2v) is 5.55. The minimum atomic E-state index is -0.942. The standard InChI is InChI=1S/C16H17ClN2O4/c1-10(16(21)22)8-18-14(20)6-7-15-19-9-13(23-15)11-4-2-3-5-12(11)17/h2-5,9-10H,6-8H2,1H3,(H,18,20)(H,21,22). The first-order valence-electron chi connectivity index (χ1n) is 7.16. The molecule has 6 nitrogen and oxygen atoms in total. The van der Waals surface area contributed by atoms with Crippen molar-refractivity contribution in [1.29, 1.82) is 0 Å². The Labute approximate surface area is 138 Å². The van der Waals surface area contributed by atoms with Gasteiger partial charge in [0.15, 0.2) is 11.7 Å². The Hall–Kier alpha value is -2.34. The number of carboxylic acids is 1. The van der Waals surface area contributed by atoms with Crippen LogP contribution in [0.15, 0.2) is 34.9 Å². The summed E-state index contributed by atoms with van der Waals surface area (Å²) in [4.78, 5) is 26.5. The van der Waals surface area contributed by atoms with Crippen LogP contribution in [0.4, 0.5) is 0 Å². The number of rotatable bonds is 7. The van der Waals surface area contributed by atoms with Gasteiger partial charge >= 0.3 is 5.97 Å². The highest BCUT2D eigenvalue weighted by atomic mass is 35.5. The molecule has 1 atom stereocenters. The largest absolute Gasteiger partial charge is 0.481 e. The van der Waals surface area contributed by atoms with Crippen LogP contribution in [0.5, 0.6) is 0 Å². The van der Waals surface area contributed by atoms with Gasteiger partial charge in [0, 0.05) is 24.9 Å². The average molecular weight is 337 g/mol. The maximum Gasteiger partial charge on any atom is 0.308 e. The fourth-order valence-corrected chi connectivity index (χ4v) is 2.10. The Morgan fingerprint density at radius 2 is 2.13 bits per heavy atom. The number of carbonyl (C=O) groups is 2. The highest BCUT2D eigenvalue weighted by Crippen LogP contribution is 2.28. The molecule has 122 valence electrons. The Morgan fingerprint density at radius 1 is 1.39 bits per heavy atom. The van der Waals surface area contributed by atoms with Crippen LogP contribution in [-0.4, -0.2) is 28.5 Å². The molecule has 0 spiro atoms. The fourth-order valence-electron chi connectivity index (χ4n) is 1.87. The number of aromatic nitrogens is 1. The lowest BCUT2D eigenvalue weighted by Gasteiger charge is -2.07. The lowest BCUT2D eigenvalue weighted by molar-refractivity contribution is -0.141. The van der Waals surface area contributed by atoms with Gasteiger partial charge in [-0.15, -0.1) is 0 Å². The topological polar surface area (TPSA) is 92.4 Å². The summed E-state index contributed by atoms with van der Waals surface area (Å²) in [6.45, 7) is 1.64. The molecular formula is C16H17ClN2O4. The first-order chi connectivity index (χ1) is 11.0. The number of nitrogens with zero attached hydrogens (tertiary/aromatic N) is 1. The molecule has 2 N–H and O–H groups in total. The van der Waals surface area contributed by atoms with Crippen molar-refractivity contribution in [3.63, 3.8) is 0 Å². The summed E-state index contributed by atoms with van der Waals surface area (Å²) in [6, 6.07) is 7.26. The van der Waals surface area contributed by atoms with Crippen LogP contribution in [0, 0.1) is 5.92 Å². The lowest BCUT2D eigenvalue weighted by atomic mass is 10.2. The van der Waals surface area contributed by atoms with E-state index in [4.69, 9.17) is 21.1 Å². The van der Waals surface area contributed by atoms with Crippen LogP contribution >= 0.6 is 11.6 Å².